The van der Waals surface area contributed by atoms with Crippen LogP contribution in [-0.2, 0) is 20.0 Å². The van der Waals surface area contributed by atoms with Crippen LogP contribution in [0.1, 0.15) is 16.7 Å². The largest absolute Gasteiger partial charge is 0.496 e. The lowest BCUT2D eigenvalue weighted by molar-refractivity contribution is 0.293. The van der Waals surface area contributed by atoms with Crippen LogP contribution in [0, 0.1) is 6.92 Å². The van der Waals surface area contributed by atoms with Crippen molar-refractivity contribution in [3.63, 3.8) is 0 Å². The molecule has 1 saturated heterocycles. The number of aryl methyl sites for hydroxylation is 1. The Kier molecular flexibility index (Phi) is 3.68. The van der Waals surface area contributed by atoms with Crippen LogP contribution in [0.5, 0.6) is 5.75 Å². The molecule has 3 rings (SSSR count). The van der Waals surface area contributed by atoms with Crippen molar-refractivity contribution in [2.75, 3.05) is 13.7 Å². The molecular formula is C16H17NO4S. The number of benzene rings is 2. The summed E-state index contributed by atoms with van der Waals surface area (Å²) in [4.78, 5) is 0. The van der Waals surface area contributed by atoms with Gasteiger partial charge in [0.25, 0.3) is 0 Å². The number of para-hydroxylation sites is 1. The van der Waals surface area contributed by atoms with Crippen molar-refractivity contribution in [1.29, 1.82) is 0 Å². The highest BCUT2D eigenvalue weighted by Gasteiger charge is 2.47. The van der Waals surface area contributed by atoms with E-state index in [1.54, 1.807) is 13.2 Å². The van der Waals surface area contributed by atoms with Gasteiger partial charge < -0.3 is 4.74 Å². The van der Waals surface area contributed by atoms with E-state index in [4.69, 9.17) is 8.92 Å². The number of nitrogens with one attached hydrogen (secondary N) is 1. The first-order chi connectivity index (χ1) is 10.5. The minimum Gasteiger partial charge on any atom is -0.496 e. The smallest absolute Gasteiger partial charge is 0.337 e. The van der Waals surface area contributed by atoms with Crippen LogP contribution in [0.25, 0.3) is 0 Å². The van der Waals surface area contributed by atoms with E-state index in [-0.39, 0.29) is 6.61 Å². The summed E-state index contributed by atoms with van der Waals surface area (Å²) in [6.45, 7) is 1.97. The summed E-state index contributed by atoms with van der Waals surface area (Å²) in [5.41, 5.74) is 1.64. The van der Waals surface area contributed by atoms with Crippen LogP contribution in [-0.4, -0.2) is 22.1 Å². The summed E-state index contributed by atoms with van der Waals surface area (Å²) < 4.78 is 36.8. The first-order valence-corrected chi connectivity index (χ1v) is 8.27. The van der Waals surface area contributed by atoms with Crippen LogP contribution in [0.2, 0.25) is 0 Å². The van der Waals surface area contributed by atoms with E-state index in [1.165, 1.54) is 0 Å². The summed E-state index contributed by atoms with van der Waals surface area (Å²) >= 11 is 0. The van der Waals surface area contributed by atoms with Gasteiger partial charge in [0.15, 0.2) is 0 Å². The normalized spacial score (nSPS) is 23.4. The lowest BCUT2D eigenvalue weighted by Crippen LogP contribution is -2.42. The Morgan fingerprint density at radius 2 is 1.82 bits per heavy atom. The zero-order chi connectivity index (χ0) is 15.8. The molecule has 116 valence electrons. The SMILES string of the molecule is COc1ccccc1C1(c2ccc(C)cc2)COS(=O)(=O)N1. The predicted octanol–water partition coefficient (Wildman–Crippen LogP) is 2.11. The Morgan fingerprint density at radius 1 is 1.14 bits per heavy atom. The average molecular weight is 319 g/mol. The third-order valence-corrected chi connectivity index (χ3v) is 4.87. The molecule has 1 aliphatic rings. The maximum atomic E-state index is 11.9. The molecule has 0 bridgehead atoms. The number of methoxy groups -OCH3 is 1. The van der Waals surface area contributed by atoms with Gasteiger partial charge in [-0.15, -0.1) is 0 Å². The van der Waals surface area contributed by atoms with Gasteiger partial charge in [-0.25, -0.2) is 0 Å². The molecule has 0 amide bonds. The van der Waals surface area contributed by atoms with E-state index in [0.717, 1.165) is 16.7 Å². The minimum absolute atomic E-state index is 0.0151. The van der Waals surface area contributed by atoms with Gasteiger partial charge >= 0.3 is 10.3 Å². The molecule has 2 aromatic rings. The fourth-order valence-corrected chi connectivity index (χ4v) is 3.81. The summed E-state index contributed by atoms with van der Waals surface area (Å²) in [5.74, 6) is 0.608. The third-order valence-electron chi connectivity index (χ3n) is 3.84. The van der Waals surface area contributed by atoms with E-state index >= 15 is 0 Å². The molecule has 2 aromatic carbocycles. The van der Waals surface area contributed by atoms with Crippen LogP contribution in [0.4, 0.5) is 0 Å². The molecule has 22 heavy (non-hydrogen) atoms. The summed E-state index contributed by atoms with van der Waals surface area (Å²) in [6.07, 6.45) is 0. The summed E-state index contributed by atoms with van der Waals surface area (Å²) in [7, 11) is -2.23. The fraction of sp³-hybridized carbons (Fsp3) is 0.250. The highest BCUT2D eigenvalue weighted by molar-refractivity contribution is 7.85. The Hall–Kier alpha value is -1.89. The number of ether oxygens (including phenoxy) is 1. The molecule has 5 nitrogen and oxygen atoms in total. The maximum absolute atomic E-state index is 11.9. The van der Waals surface area contributed by atoms with Crippen LogP contribution in [0.15, 0.2) is 48.5 Å². The third kappa shape index (κ3) is 2.49. The second-order valence-electron chi connectivity index (χ2n) is 5.29. The highest BCUT2D eigenvalue weighted by Crippen LogP contribution is 2.39. The molecule has 1 fully saturated rings. The molecular weight excluding hydrogens is 302 g/mol. The molecule has 0 saturated carbocycles. The van der Waals surface area contributed by atoms with E-state index in [2.05, 4.69) is 4.72 Å². The molecule has 1 N–H and O–H groups in total. The quantitative estimate of drug-likeness (QED) is 0.941. The fourth-order valence-electron chi connectivity index (χ4n) is 2.70. The van der Waals surface area contributed by atoms with Gasteiger partial charge in [-0.05, 0) is 18.6 Å². The van der Waals surface area contributed by atoms with Gasteiger partial charge in [0.2, 0.25) is 0 Å². The molecule has 0 aromatic heterocycles. The molecule has 0 radical (unpaired) electrons. The number of rotatable bonds is 3. The van der Waals surface area contributed by atoms with Gasteiger partial charge in [-0.1, -0.05) is 48.0 Å². The number of hydrogen-bond donors (Lipinski definition) is 1. The van der Waals surface area contributed by atoms with Gasteiger partial charge in [-0.3, -0.25) is 4.18 Å². The van der Waals surface area contributed by atoms with Crippen LogP contribution < -0.4 is 9.46 Å². The van der Waals surface area contributed by atoms with Crippen molar-refractivity contribution in [1.82, 2.24) is 4.72 Å². The van der Waals surface area contributed by atoms with E-state index < -0.39 is 15.8 Å². The monoisotopic (exact) mass is 319 g/mol. The lowest BCUT2D eigenvalue weighted by Gasteiger charge is -2.29. The molecule has 1 aliphatic heterocycles. The topological polar surface area (TPSA) is 64.6 Å². The van der Waals surface area contributed by atoms with Crippen molar-refractivity contribution in [2.45, 2.75) is 12.5 Å². The zero-order valence-corrected chi connectivity index (χ0v) is 13.2. The molecule has 1 heterocycles. The molecule has 1 atom stereocenters. The first kappa shape index (κ1) is 15.0. The molecule has 1 unspecified atom stereocenters. The second-order valence-corrected chi connectivity index (χ2v) is 6.64. The minimum atomic E-state index is -3.79. The lowest BCUT2D eigenvalue weighted by atomic mass is 9.83. The molecule has 0 aliphatic carbocycles. The highest BCUT2D eigenvalue weighted by atomic mass is 32.2. The molecule has 6 heteroatoms. The van der Waals surface area contributed by atoms with Crippen LogP contribution in [0.3, 0.4) is 0 Å². The van der Waals surface area contributed by atoms with Gasteiger partial charge in [-0.2, -0.15) is 13.1 Å². The number of hydrogen-bond acceptors (Lipinski definition) is 4. The first-order valence-electron chi connectivity index (χ1n) is 6.86. The Bertz CT molecular complexity index is 786. The Labute approximate surface area is 130 Å². The van der Waals surface area contributed by atoms with Crippen molar-refractivity contribution in [2.24, 2.45) is 0 Å². The van der Waals surface area contributed by atoms with Crippen molar-refractivity contribution in [3.05, 3.63) is 65.2 Å². The van der Waals surface area contributed by atoms with E-state index in [1.807, 2.05) is 49.4 Å². The van der Waals surface area contributed by atoms with E-state index in [0.29, 0.717) is 5.75 Å². The van der Waals surface area contributed by atoms with Crippen LogP contribution >= 0.6 is 0 Å². The Balaban J connectivity index is 2.22. The average Bonchev–Trinajstić information content (AvgIpc) is 2.85. The van der Waals surface area contributed by atoms with Crippen molar-refractivity contribution in [3.8, 4) is 5.75 Å². The predicted molar refractivity (Wildman–Crippen MR) is 83.0 cm³/mol. The van der Waals surface area contributed by atoms with Gasteiger partial charge in [0, 0.05) is 5.56 Å². The standard InChI is InChI=1S/C16H17NO4S/c1-12-7-9-13(10-8-12)16(11-21-22(18,19)17-16)14-5-3-4-6-15(14)20-2/h3-10,17H,11H2,1-2H3. The van der Waals surface area contributed by atoms with Gasteiger partial charge in [0.1, 0.15) is 11.3 Å². The van der Waals surface area contributed by atoms with Gasteiger partial charge in [0.05, 0.1) is 13.7 Å². The van der Waals surface area contributed by atoms with E-state index in [9.17, 15) is 8.42 Å². The Morgan fingerprint density at radius 3 is 2.41 bits per heavy atom. The molecule has 0 spiro atoms. The summed E-state index contributed by atoms with van der Waals surface area (Å²) in [5, 5.41) is 0. The maximum Gasteiger partial charge on any atom is 0.337 e. The second kappa shape index (κ2) is 5.39. The van der Waals surface area contributed by atoms with Crippen molar-refractivity contribution < 1.29 is 17.3 Å². The van der Waals surface area contributed by atoms with Crippen molar-refractivity contribution >= 4 is 10.3 Å². The zero-order valence-electron chi connectivity index (χ0n) is 12.4. The summed E-state index contributed by atoms with van der Waals surface area (Å²) in [6, 6.07) is 15.0.